The number of nitrogens with one attached hydrogen (secondary N) is 3. The van der Waals surface area contributed by atoms with Gasteiger partial charge in [0.1, 0.15) is 10.7 Å². The molecule has 0 aliphatic heterocycles. The molecule has 9 nitrogen and oxygen atoms in total. The fourth-order valence-electron chi connectivity index (χ4n) is 3.96. The molecule has 0 spiro atoms. The summed E-state index contributed by atoms with van der Waals surface area (Å²) in [7, 11) is 1.50. The van der Waals surface area contributed by atoms with E-state index in [1.807, 2.05) is 6.92 Å². The van der Waals surface area contributed by atoms with Crippen LogP contribution in [0.4, 0.5) is 0 Å². The lowest BCUT2D eigenvalue weighted by molar-refractivity contribution is -0.121. The second kappa shape index (κ2) is 10.7. The molecule has 0 bridgehead atoms. The zero-order valence-electron chi connectivity index (χ0n) is 19.3. The monoisotopic (exact) mass is 484 g/mol. The van der Waals surface area contributed by atoms with Crippen molar-refractivity contribution in [3.63, 3.8) is 0 Å². The van der Waals surface area contributed by atoms with Crippen molar-refractivity contribution in [1.29, 1.82) is 0 Å². The minimum atomic E-state index is -0.481. The molecule has 1 aliphatic rings. The van der Waals surface area contributed by atoms with Gasteiger partial charge in [-0.15, -0.1) is 11.3 Å². The van der Waals surface area contributed by atoms with Gasteiger partial charge in [-0.2, -0.15) is 0 Å². The molecule has 2 aromatic heterocycles. The van der Waals surface area contributed by atoms with Crippen LogP contribution in [-0.4, -0.2) is 35.5 Å². The second-order valence-electron chi connectivity index (χ2n) is 8.12. The van der Waals surface area contributed by atoms with Crippen LogP contribution in [0.1, 0.15) is 59.2 Å². The summed E-state index contributed by atoms with van der Waals surface area (Å²) < 4.78 is 10.9. The number of benzene rings is 1. The van der Waals surface area contributed by atoms with Gasteiger partial charge in [-0.3, -0.25) is 25.2 Å². The Hall–Kier alpha value is -3.40. The van der Waals surface area contributed by atoms with E-state index in [-0.39, 0.29) is 18.4 Å². The largest absolute Gasteiger partial charge is 0.493 e. The Morgan fingerprint density at radius 2 is 2.00 bits per heavy atom. The molecular weight excluding hydrogens is 456 g/mol. The molecule has 34 heavy (non-hydrogen) atoms. The number of H-pyrrole nitrogens is 1. The Morgan fingerprint density at radius 1 is 1.18 bits per heavy atom. The fourth-order valence-corrected chi connectivity index (χ4v) is 5.24. The summed E-state index contributed by atoms with van der Waals surface area (Å²) >= 11 is 1.57. The van der Waals surface area contributed by atoms with Crippen molar-refractivity contribution in [3.05, 3.63) is 50.4 Å². The van der Waals surface area contributed by atoms with E-state index < -0.39 is 11.8 Å². The Kier molecular flexibility index (Phi) is 7.46. The predicted octanol–water partition coefficient (Wildman–Crippen LogP) is 3.05. The van der Waals surface area contributed by atoms with Crippen molar-refractivity contribution >= 4 is 33.4 Å². The number of carbonyl (C=O) groups excluding carboxylic acids is 2. The van der Waals surface area contributed by atoms with Gasteiger partial charge < -0.3 is 14.5 Å². The highest BCUT2D eigenvalue weighted by Crippen LogP contribution is 2.33. The first kappa shape index (κ1) is 23.7. The van der Waals surface area contributed by atoms with Gasteiger partial charge in [-0.25, -0.2) is 4.98 Å². The first-order valence-electron chi connectivity index (χ1n) is 11.4. The zero-order valence-corrected chi connectivity index (χ0v) is 20.1. The van der Waals surface area contributed by atoms with Gasteiger partial charge in [0.25, 0.3) is 11.5 Å². The van der Waals surface area contributed by atoms with Crippen molar-refractivity contribution in [2.24, 2.45) is 0 Å². The number of rotatable bonds is 8. The highest BCUT2D eigenvalue weighted by molar-refractivity contribution is 7.18. The summed E-state index contributed by atoms with van der Waals surface area (Å²) in [6.07, 6.45) is 5.31. The van der Waals surface area contributed by atoms with Gasteiger partial charge in [0, 0.05) is 23.3 Å². The van der Waals surface area contributed by atoms with E-state index in [9.17, 15) is 14.4 Å². The number of ether oxygens (including phenoxy) is 2. The van der Waals surface area contributed by atoms with Crippen LogP contribution in [0.25, 0.3) is 10.2 Å². The van der Waals surface area contributed by atoms with Gasteiger partial charge in [0.15, 0.2) is 11.5 Å². The number of fused-ring (bicyclic) bond motifs is 3. The highest BCUT2D eigenvalue weighted by Gasteiger charge is 2.20. The molecule has 1 aliphatic carbocycles. The average Bonchev–Trinajstić information content (AvgIpc) is 3.23. The molecule has 4 rings (SSSR count). The summed E-state index contributed by atoms with van der Waals surface area (Å²) in [6, 6.07) is 4.81. The molecule has 0 radical (unpaired) electrons. The summed E-state index contributed by atoms with van der Waals surface area (Å²) in [5.41, 5.74) is 6.11. The Bertz CT molecular complexity index is 1270. The van der Waals surface area contributed by atoms with Crippen LogP contribution in [0.3, 0.4) is 0 Å². The molecule has 0 unspecified atom stereocenters. The molecule has 10 heteroatoms. The zero-order chi connectivity index (χ0) is 24.1. The lowest BCUT2D eigenvalue weighted by Crippen LogP contribution is -2.41. The van der Waals surface area contributed by atoms with E-state index >= 15 is 0 Å². The third-order valence-corrected chi connectivity index (χ3v) is 6.85. The number of amides is 2. The number of hydrazine groups is 1. The lowest BCUT2D eigenvalue weighted by Gasteiger charge is -2.12. The number of hydrogen-bond donors (Lipinski definition) is 3. The Morgan fingerprint density at radius 3 is 2.79 bits per heavy atom. The molecule has 0 saturated carbocycles. The molecule has 1 aromatic carbocycles. The fraction of sp³-hybridized carbons (Fsp3) is 0.417. The van der Waals surface area contributed by atoms with Crippen LogP contribution in [0.5, 0.6) is 11.5 Å². The minimum absolute atomic E-state index is 0.0624. The van der Waals surface area contributed by atoms with E-state index in [2.05, 4.69) is 20.8 Å². The van der Waals surface area contributed by atoms with Gasteiger partial charge in [0.05, 0.1) is 19.1 Å². The molecule has 3 aromatic rings. The maximum atomic E-state index is 12.6. The van der Waals surface area contributed by atoms with Gasteiger partial charge in [-0.05, 0) is 55.9 Å². The molecule has 0 atom stereocenters. The summed E-state index contributed by atoms with van der Waals surface area (Å²) in [5.74, 6) is 0.579. The third kappa shape index (κ3) is 5.22. The molecule has 3 N–H and O–H groups in total. The number of aryl methyl sites for hydroxylation is 3. The minimum Gasteiger partial charge on any atom is -0.493 e. The summed E-state index contributed by atoms with van der Waals surface area (Å²) in [4.78, 5) is 46.7. The van der Waals surface area contributed by atoms with E-state index in [0.29, 0.717) is 34.9 Å². The summed E-state index contributed by atoms with van der Waals surface area (Å²) in [6.45, 7) is 2.54. The Labute approximate surface area is 200 Å². The number of methoxy groups -OCH3 is 1. The van der Waals surface area contributed by atoms with Crippen molar-refractivity contribution in [1.82, 2.24) is 20.8 Å². The first-order valence-corrected chi connectivity index (χ1v) is 12.2. The molecular formula is C24H28N4O5S. The van der Waals surface area contributed by atoms with Crippen LogP contribution in [0.2, 0.25) is 0 Å². The maximum absolute atomic E-state index is 12.6. The third-order valence-electron chi connectivity index (χ3n) is 5.67. The predicted molar refractivity (Wildman–Crippen MR) is 130 cm³/mol. The quantitative estimate of drug-likeness (QED) is 0.423. The van der Waals surface area contributed by atoms with Crippen LogP contribution in [0.15, 0.2) is 23.0 Å². The number of carbonyl (C=O) groups is 2. The average molecular weight is 485 g/mol. The van der Waals surface area contributed by atoms with E-state index in [1.54, 1.807) is 29.5 Å². The number of aromatic nitrogens is 2. The van der Waals surface area contributed by atoms with Crippen LogP contribution < -0.4 is 25.9 Å². The van der Waals surface area contributed by atoms with Crippen molar-refractivity contribution in [2.75, 3.05) is 13.7 Å². The first-order chi connectivity index (χ1) is 16.5. The highest BCUT2D eigenvalue weighted by atomic mass is 32.1. The normalized spacial score (nSPS) is 12.8. The molecule has 0 saturated heterocycles. The van der Waals surface area contributed by atoms with E-state index in [1.165, 1.54) is 12.0 Å². The smallest absolute Gasteiger partial charge is 0.269 e. The number of aromatic amines is 1. The van der Waals surface area contributed by atoms with Crippen molar-refractivity contribution in [3.8, 4) is 11.5 Å². The molecule has 0 fully saturated rings. The molecule has 180 valence electrons. The Balaban J connectivity index is 1.33. The summed E-state index contributed by atoms with van der Waals surface area (Å²) in [5, 5.41) is 0.696. The topological polar surface area (TPSA) is 122 Å². The molecule has 2 amide bonds. The van der Waals surface area contributed by atoms with E-state index in [4.69, 9.17) is 9.47 Å². The SMILES string of the molecule is CCCOc1ccc(C(=O)NNC(=O)CCc2nc3sc4c(c3c(=O)[nH]2)CCCC4)cc1OC. The van der Waals surface area contributed by atoms with E-state index in [0.717, 1.165) is 42.5 Å². The second-order valence-corrected chi connectivity index (χ2v) is 9.20. The van der Waals surface area contributed by atoms with Crippen molar-refractivity contribution < 1.29 is 19.1 Å². The van der Waals surface area contributed by atoms with Crippen LogP contribution in [-0.2, 0) is 24.1 Å². The lowest BCUT2D eigenvalue weighted by atomic mass is 9.97. The standard InChI is InChI=1S/C24H28N4O5S/c1-3-12-33-16-9-8-14(13-17(16)32-2)22(30)28-27-20(29)11-10-19-25-23(31)21-15-6-4-5-7-18(15)34-24(21)26-19/h8-9,13H,3-7,10-12H2,1-2H3,(H,27,29)(H,28,30)(H,25,26,31). The van der Waals surface area contributed by atoms with Gasteiger partial charge in [0.2, 0.25) is 5.91 Å². The number of hydrogen-bond acceptors (Lipinski definition) is 7. The van der Waals surface area contributed by atoms with Gasteiger partial charge in [-0.1, -0.05) is 6.92 Å². The van der Waals surface area contributed by atoms with Gasteiger partial charge >= 0.3 is 0 Å². The van der Waals surface area contributed by atoms with Crippen LogP contribution in [0, 0.1) is 0 Å². The maximum Gasteiger partial charge on any atom is 0.269 e. The number of thiophene rings is 1. The molecule has 2 heterocycles. The van der Waals surface area contributed by atoms with Crippen LogP contribution >= 0.6 is 11.3 Å². The number of nitrogens with zero attached hydrogens (tertiary/aromatic N) is 1. The van der Waals surface area contributed by atoms with Crippen molar-refractivity contribution in [2.45, 2.75) is 51.9 Å².